The van der Waals surface area contributed by atoms with Crippen LogP contribution in [0.3, 0.4) is 0 Å². The molecular formula is C13H11FN2O4. The lowest BCUT2D eigenvalue weighted by molar-refractivity contribution is 0.0686. The van der Waals surface area contributed by atoms with Crippen LogP contribution in [-0.2, 0) is 0 Å². The first-order valence-corrected chi connectivity index (χ1v) is 5.62. The number of ether oxygens (including phenoxy) is 1. The highest BCUT2D eigenvalue weighted by atomic mass is 19.1. The molecular weight excluding hydrogens is 267 g/mol. The van der Waals surface area contributed by atoms with Crippen LogP contribution in [0.1, 0.15) is 16.1 Å². The number of hydrogen-bond donors (Lipinski definition) is 1. The Morgan fingerprint density at radius 1 is 1.45 bits per heavy atom. The van der Waals surface area contributed by atoms with Crippen LogP contribution in [0.25, 0.3) is 5.69 Å². The maximum absolute atomic E-state index is 13.8. The van der Waals surface area contributed by atoms with E-state index in [-0.39, 0.29) is 11.3 Å². The van der Waals surface area contributed by atoms with Gasteiger partial charge in [-0.15, -0.1) is 0 Å². The molecule has 1 aromatic heterocycles. The maximum atomic E-state index is 13.8. The van der Waals surface area contributed by atoms with Crippen molar-refractivity contribution < 1.29 is 19.0 Å². The molecule has 20 heavy (non-hydrogen) atoms. The number of aromatic nitrogens is 2. The predicted molar refractivity (Wildman–Crippen MR) is 68.0 cm³/mol. The Labute approximate surface area is 113 Å². The van der Waals surface area contributed by atoms with Gasteiger partial charge >= 0.3 is 5.97 Å². The first-order valence-electron chi connectivity index (χ1n) is 5.62. The molecule has 6 nitrogen and oxygen atoms in total. The second-order valence-corrected chi connectivity index (χ2v) is 4.06. The van der Waals surface area contributed by atoms with E-state index in [9.17, 15) is 14.0 Å². The second kappa shape index (κ2) is 5.12. The fraction of sp³-hybridized carbons (Fsp3) is 0.154. The van der Waals surface area contributed by atoms with Gasteiger partial charge in [0.25, 0.3) is 0 Å². The van der Waals surface area contributed by atoms with Gasteiger partial charge in [-0.1, -0.05) is 0 Å². The molecule has 0 radical (unpaired) electrons. The number of aryl methyl sites for hydroxylation is 1. The lowest BCUT2D eigenvalue weighted by Crippen LogP contribution is -2.23. The summed E-state index contributed by atoms with van der Waals surface area (Å²) in [6, 6.07) is 3.95. The minimum atomic E-state index is -1.46. The third-order valence-corrected chi connectivity index (χ3v) is 2.70. The van der Waals surface area contributed by atoms with E-state index >= 15 is 0 Å². The molecule has 7 heteroatoms. The number of carboxylic acid groups (broad SMARTS) is 1. The number of halogens is 1. The van der Waals surface area contributed by atoms with Gasteiger partial charge in [0.2, 0.25) is 11.1 Å². The SMILES string of the molecule is COc1ccc(F)c(-n2cc(C)c(=O)c(C(=O)O)n2)c1. The third-order valence-electron chi connectivity index (χ3n) is 2.70. The van der Waals surface area contributed by atoms with Crippen molar-refractivity contribution in [2.45, 2.75) is 6.92 Å². The van der Waals surface area contributed by atoms with Gasteiger partial charge in [0.05, 0.1) is 7.11 Å². The zero-order chi connectivity index (χ0) is 14.9. The van der Waals surface area contributed by atoms with Crippen molar-refractivity contribution in [3.05, 3.63) is 51.7 Å². The molecule has 0 aliphatic carbocycles. The highest BCUT2D eigenvalue weighted by Crippen LogP contribution is 2.19. The molecule has 0 aliphatic heterocycles. The van der Waals surface area contributed by atoms with E-state index in [1.54, 1.807) is 0 Å². The smallest absolute Gasteiger partial charge is 0.360 e. The first-order chi connectivity index (χ1) is 9.43. The van der Waals surface area contributed by atoms with Crippen LogP contribution >= 0.6 is 0 Å². The summed E-state index contributed by atoms with van der Waals surface area (Å²) in [6.45, 7) is 1.44. The van der Waals surface area contributed by atoms with E-state index < -0.39 is 22.9 Å². The number of aromatic carboxylic acids is 1. The number of nitrogens with zero attached hydrogens (tertiary/aromatic N) is 2. The largest absolute Gasteiger partial charge is 0.497 e. The van der Waals surface area contributed by atoms with Gasteiger partial charge in [0.1, 0.15) is 17.3 Å². The topological polar surface area (TPSA) is 81.4 Å². The van der Waals surface area contributed by atoms with Crippen molar-refractivity contribution >= 4 is 5.97 Å². The molecule has 0 atom stereocenters. The Morgan fingerprint density at radius 3 is 2.75 bits per heavy atom. The first kappa shape index (κ1) is 13.7. The summed E-state index contributed by atoms with van der Waals surface area (Å²) in [6.07, 6.45) is 1.27. The van der Waals surface area contributed by atoms with Gasteiger partial charge in [-0.05, 0) is 19.1 Å². The van der Waals surface area contributed by atoms with Crippen LogP contribution in [0.5, 0.6) is 5.75 Å². The lowest BCUT2D eigenvalue weighted by atomic mass is 10.2. The summed E-state index contributed by atoms with van der Waals surface area (Å²) in [5.41, 5.74) is -1.21. The van der Waals surface area contributed by atoms with Crippen molar-refractivity contribution in [2.75, 3.05) is 7.11 Å². The van der Waals surface area contributed by atoms with E-state index in [2.05, 4.69) is 5.10 Å². The van der Waals surface area contributed by atoms with Crippen LogP contribution in [0.4, 0.5) is 4.39 Å². The minimum Gasteiger partial charge on any atom is -0.497 e. The molecule has 0 fully saturated rings. The van der Waals surface area contributed by atoms with Gasteiger partial charge in [-0.2, -0.15) is 5.10 Å². The summed E-state index contributed by atoms with van der Waals surface area (Å²) in [4.78, 5) is 22.6. The van der Waals surface area contributed by atoms with Crippen molar-refractivity contribution in [3.63, 3.8) is 0 Å². The van der Waals surface area contributed by atoms with Crippen LogP contribution in [0, 0.1) is 12.7 Å². The highest BCUT2D eigenvalue weighted by molar-refractivity contribution is 5.85. The molecule has 0 amide bonds. The van der Waals surface area contributed by atoms with Crippen LogP contribution < -0.4 is 10.2 Å². The molecule has 0 saturated heterocycles. The van der Waals surface area contributed by atoms with Crippen LogP contribution in [0.2, 0.25) is 0 Å². The fourth-order valence-corrected chi connectivity index (χ4v) is 1.67. The number of carboxylic acids is 1. The zero-order valence-electron chi connectivity index (χ0n) is 10.8. The average molecular weight is 278 g/mol. The van der Waals surface area contributed by atoms with Crippen molar-refractivity contribution in [3.8, 4) is 11.4 Å². The van der Waals surface area contributed by atoms with Gasteiger partial charge in [-0.3, -0.25) is 4.79 Å². The molecule has 2 rings (SSSR count). The Hall–Kier alpha value is -2.70. The zero-order valence-corrected chi connectivity index (χ0v) is 10.8. The quantitative estimate of drug-likeness (QED) is 0.917. The minimum absolute atomic E-state index is 0.00468. The summed E-state index contributed by atoms with van der Waals surface area (Å²) in [7, 11) is 1.42. The van der Waals surface area contributed by atoms with Crippen LogP contribution in [0.15, 0.2) is 29.2 Å². The molecule has 0 saturated carbocycles. The number of methoxy groups -OCH3 is 1. The van der Waals surface area contributed by atoms with E-state index in [1.807, 2.05) is 0 Å². The van der Waals surface area contributed by atoms with Crippen molar-refractivity contribution in [2.24, 2.45) is 0 Å². The monoisotopic (exact) mass is 278 g/mol. The highest BCUT2D eigenvalue weighted by Gasteiger charge is 2.16. The molecule has 0 spiro atoms. The van der Waals surface area contributed by atoms with Crippen molar-refractivity contribution in [1.29, 1.82) is 0 Å². The Kier molecular flexibility index (Phi) is 3.51. The summed E-state index contributed by atoms with van der Waals surface area (Å²) in [5, 5.41) is 12.6. The van der Waals surface area contributed by atoms with Gasteiger partial charge in [-0.25, -0.2) is 13.9 Å². The summed E-state index contributed by atoms with van der Waals surface area (Å²) in [5.74, 6) is -1.69. The molecule has 1 N–H and O–H groups in total. The van der Waals surface area contributed by atoms with E-state index in [4.69, 9.17) is 9.84 Å². The predicted octanol–water partition coefficient (Wildman–Crippen LogP) is 1.39. The van der Waals surface area contributed by atoms with E-state index in [0.717, 1.165) is 4.68 Å². The summed E-state index contributed by atoms with van der Waals surface area (Å²) >= 11 is 0. The Morgan fingerprint density at radius 2 is 2.15 bits per heavy atom. The molecule has 2 aromatic rings. The third kappa shape index (κ3) is 2.37. The van der Waals surface area contributed by atoms with Gasteiger partial charge in [0.15, 0.2) is 0 Å². The number of benzene rings is 1. The molecule has 104 valence electrons. The molecule has 0 bridgehead atoms. The molecule has 1 aromatic carbocycles. The molecule has 0 unspecified atom stereocenters. The van der Waals surface area contributed by atoms with Gasteiger partial charge in [0, 0.05) is 17.8 Å². The Bertz CT molecular complexity index is 740. The maximum Gasteiger partial charge on any atom is 0.360 e. The van der Waals surface area contributed by atoms with Gasteiger partial charge < -0.3 is 9.84 Å². The fourth-order valence-electron chi connectivity index (χ4n) is 1.67. The standard InChI is InChI=1S/C13H11FN2O4/c1-7-6-16(15-11(12(7)17)13(18)19)10-5-8(20-2)3-4-9(10)14/h3-6H,1-2H3,(H,18,19). The summed E-state index contributed by atoms with van der Waals surface area (Å²) < 4.78 is 19.8. The lowest BCUT2D eigenvalue weighted by Gasteiger charge is -2.10. The number of carbonyl (C=O) groups is 1. The van der Waals surface area contributed by atoms with E-state index in [1.165, 1.54) is 38.4 Å². The van der Waals surface area contributed by atoms with E-state index in [0.29, 0.717) is 5.75 Å². The Balaban J connectivity index is 2.70. The van der Waals surface area contributed by atoms with Crippen LogP contribution in [-0.4, -0.2) is 28.0 Å². The molecule has 0 aliphatic rings. The second-order valence-electron chi connectivity index (χ2n) is 4.06. The molecule has 1 heterocycles. The number of hydrogen-bond acceptors (Lipinski definition) is 4. The normalized spacial score (nSPS) is 10.3. The average Bonchev–Trinajstić information content (AvgIpc) is 2.42. The van der Waals surface area contributed by atoms with Crippen molar-refractivity contribution in [1.82, 2.24) is 9.78 Å². The number of rotatable bonds is 3.